The molecule has 1 fully saturated rings. The topological polar surface area (TPSA) is 84.7 Å². The molecule has 1 aromatic carbocycles. The first kappa shape index (κ1) is 19.1. The van der Waals surface area contributed by atoms with E-state index in [2.05, 4.69) is 10.5 Å². The average Bonchev–Trinajstić information content (AvgIpc) is 3.22. The normalized spacial score (nSPS) is 17.4. The number of aromatic nitrogens is 1. The highest BCUT2D eigenvalue weighted by Gasteiger charge is 2.37. The second kappa shape index (κ2) is 7.52. The van der Waals surface area contributed by atoms with E-state index in [1.54, 1.807) is 18.1 Å². The highest BCUT2D eigenvalue weighted by Crippen LogP contribution is 2.29. The Morgan fingerprint density at radius 1 is 1.33 bits per heavy atom. The fraction of sp³-hybridized carbons (Fsp3) is 0.450. The van der Waals surface area contributed by atoms with Crippen molar-refractivity contribution in [3.63, 3.8) is 0 Å². The van der Waals surface area contributed by atoms with Gasteiger partial charge in [-0.25, -0.2) is 0 Å². The highest BCUT2D eigenvalue weighted by atomic mass is 16.5. The van der Waals surface area contributed by atoms with Crippen LogP contribution in [0.25, 0.3) is 0 Å². The lowest BCUT2D eigenvalue weighted by atomic mass is 9.93. The standard InChI is InChI=1S/C20H25N3O4/c1-20(2,3)16-11-17(22-27-16)21-19(25)15-9-10-18(24)23(15)14-7-5-13(6-8-14)12-26-4/h5-8,11,15H,9-10,12H2,1-4H3,(H,21,22,25). The van der Waals surface area contributed by atoms with Crippen molar-refractivity contribution in [3.05, 3.63) is 41.7 Å². The van der Waals surface area contributed by atoms with E-state index < -0.39 is 6.04 Å². The van der Waals surface area contributed by atoms with Gasteiger partial charge in [-0.15, -0.1) is 0 Å². The molecule has 0 spiro atoms. The number of carbonyl (C=O) groups excluding carboxylic acids is 2. The third kappa shape index (κ3) is 4.19. The van der Waals surface area contributed by atoms with Crippen LogP contribution in [-0.2, 0) is 26.3 Å². The molecule has 7 heteroatoms. The first-order valence-electron chi connectivity index (χ1n) is 8.97. The van der Waals surface area contributed by atoms with Crippen LogP contribution in [0.2, 0.25) is 0 Å². The Balaban J connectivity index is 1.75. The molecular formula is C20H25N3O4. The third-order valence-electron chi connectivity index (χ3n) is 4.54. The minimum atomic E-state index is -0.569. The maximum atomic E-state index is 12.8. The molecule has 7 nitrogen and oxygen atoms in total. The fourth-order valence-corrected chi connectivity index (χ4v) is 3.07. The maximum absolute atomic E-state index is 12.8. The molecule has 2 aromatic rings. The molecule has 0 radical (unpaired) electrons. The monoisotopic (exact) mass is 371 g/mol. The molecule has 27 heavy (non-hydrogen) atoms. The van der Waals surface area contributed by atoms with Gasteiger partial charge in [0.05, 0.1) is 6.61 Å². The Morgan fingerprint density at radius 3 is 2.63 bits per heavy atom. The molecule has 1 aromatic heterocycles. The van der Waals surface area contributed by atoms with E-state index in [9.17, 15) is 9.59 Å². The highest BCUT2D eigenvalue weighted by molar-refractivity contribution is 6.07. The van der Waals surface area contributed by atoms with Gasteiger partial charge in [-0.2, -0.15) is 0 Å². The number of amides is 2. The molecule has 1 aliphatic rings. The van der Waals surface area contributed by atoms with E-state index in [-0.39, 0.29) is 17.2 Å². The van der Waals surface area contributed by atoms with Gasteiger partial charge >= 0.3 is 0 Å². The molecule has 1 saturated heterocycles. The minimum Gasteiger partial charge on any atom is -0.380 e. The number of nitrogens with one attached hydrogen (secondary N) is 1. The molecule has 0 aliphatic carbocycles. The van der Waals surface area contributed by atoms with Gasteiger partial charge in [0.2, 0.25) is 11.8 Å². The summed E-state index contributed by atoms with van der Waals surface area (Å²) >= 11 is 0. The fourth-order valence-electron chi connectivity index (χ4n) is 3.07. The number of ether oxygens (including phenoxy) is 1. The summed E-state index contributed by atoms with van der Waals surface area (Å²) in [4.78, 5) is 26.7. The smallest absolute Gasteiger partial charge is 0.248 e. The van der Waals surface area contributed by atoms with Gasteiger partial charge in [0.1, 0.15) is 11.8 Å². The minimum absolute atomic E-state index is 0.0647. The van der Waals surface area contributed by atoms with Crippen molar-refractivity contribution in [2.45, 2.75) is 51.7 Å². The van der Waals surface area contributed by atoms with Crippen molar-refractivity contribution in [1.29, 1.82) is 0 Å². The summed E-state index contributed by atoms with van der Waals surface area (Å²) in [6.07, 6.45) is 0.804. The average molecular weight is 371 g/mol. The van der Waals surface area contributed by atoms with Crippen molar-refractivity contribution < 1.29 is 18.8 Å². The number of anilines is 2. The van der Waals surface area contributed by atoms with E-state index in [4.69, 9.17) is 9.26 Å². The van der Waals surface area contributed by atoms with E-state index in [0.717, 1.165) is 5.56 Å². The second-order valence-electron chi connectivity index (χ2n) is 7.73. The van der Waals surface area contributed by atoms with Gasteiger partial charge in [-0.1, -0.05) is 38.1 Å². The summed E-state index contributed by atoms with van der Waals surface area (Å²) in [5, 5.41) is 6.69. The molecule has 0 bridgehead atoms. The molecule has 2 heterocycles. The Hall–Kier alpha value is -2.67. The van der Waals surface area contributed by atoms with Crippen LogP contribution in [0.15, 0.2) is 34.9 Å². The molecule has 144 valence electrons. The van der Waals surface area contributed by atoms with Gasteiger partial charge in [-0.3, -0.25) is 14.5 Å². The molecule has 0 saturated carbocycles. The summed E-state index contributed by atoms with van der Waals surface area (Å²) < 4.78 is 10.4. The predicted molar refractivity (Wildman–Crippen MR) is 101 cm³/mol. The van der Waals surface area contributed by atoms with Gasteiger partial charge in [0.15, 0.2) is 5.82 Å². The lowest BCUT2D eigenvalue weighted by Gasteiger charge is -2.24. The number of methoxy groups -OCH3 is 1. The summed E-state index contributed by atoms with van der Waals surface area (Å²) in [6.45, 7) is 6.51. The van der Waals surface area contributed by atoms with Crippen LogP contribution < -0.4 is 10.2 Å². The van der Waals surface area contributed by atoms with Crippen LogP contribution >= 0.6 is 0 Å². The number of nitrogens with zero attached hydrogens (tertiary/aromatic N) is 2. The number of hydrogen-bond donors (Lipinski definition) is 1. The van der Waals surface area contributed by atoms with Gasteiger partial charge < -0.3 is 14.6 Å². The number of rotatable bonds is 5. The summed E-state index contributed by atoms with van der Waals surface area (Å²) in [6, 6.07) is 8.62. The molecule has 1 N–H and O–H groups in total. The first-order chi connectivity index (χ1) is 12.8. The van der Waals surface area contributed by atoms with E-state index in [1.807, 2.05) is 45.0 Å². The van der Waals surface area contributed by atoms with Gasteiger partial charge in [0, 0.05) is 30.7 Å². The Morgan fingerprint density at radius 2 is 2.04 bits per heavy atom. The number of hydrogen-bond acceptors (Lipinski definition) is 5. The summed E-state index contributed by atoms with van der Waals surface area (Å²) in [5.41, 5.74) is 1.51. The zero-order chi connectivity index (χ0) is 19.6. The first-order valence-corrected chi connectivity index (χ1v) is 8.97. The lowest BCUT2D eigenvalue weighted by Crippen LogP contribution is -2.41. The molecule has 1 atom stereocenters. The number of carbonyl (C=O) groups is 2. The second-order valence-corrected chi connectivity index (χ2v) is 7.73. The number of benzene rings is 1. The third-order valence-corrected chi connectivity index (χ3v) is 4.54. The van der Waals surface area contributed by atoms with Crippen LogP contribution in [-0.4, -0.2) is 30.1 Å². The maximum Gasteiger partial charge on any atom is 0.248 e. The Labute approximate surface area is 158 Å². The van der Waals surface area contributed by atoms with Crippen LogP contribution in [0, 0.1) is 0 Å². The van der Waals surface area contributed by atoms with Crippen LogP contribution in [0.5, 0.6) is 0 Å². The summed E-state index contributed by atoms with van der Waals surface area (Å²) in [7, 11) is 1.63. The zero-order valence-electron chi connectivity index (χ0n) is 16.1. The molecule has 2 amide bonds. The SMILES string of the molecule is COCc1ccc(N2C(=O)CCC2C(=O)Nc2cc(C(C)(C)C)on2)cc1. The van der Waals surface area contributed by atoms with Crippen molar-refractivity contribution in [1.82, 2.24) is 5.16 Å². The van der Waals surface area contributed by atoms with E-state index in [1.165, 1.54) is 0 Å². The largest absolute Gasteiger partial charge is 0.380 e. The molecule has 1 aliphatic heterocycles. The van der Waals surface area contributed by atoms with Crippen molar-refractivity contribution in [2.24, 2.45) is 0 Å². The van der Waals surface area contributed by atoms with Crippen LogP contribution in [0.3, 0.4) is 0 Å². The quantitative estimate of drug-likeness (QED) is 0.872. The predicted octanol–water partition coefficient (Wildman–Crippen LogP) is 3.25. The molecular weight excluding hydrogens is 346 g/mol. The summed E-state index contributed by atoms with van der Waals surface area (Å²) in [5.74, 6) is 0.714. The van der Waals surface area contributed by atoms with Crippen molar-refractivity contribution in [2.75, 3.05) is 17.3 Å². The van der Waals surface area contributed by atoms with E-state index >= 15 is 0 Å². The van der Waals surface area contributed by atoms with E-state index in [0.29, 0.717) is 36.7 Å². The molecule has 1 unspecified atom stereocenters. The van der Waals surface area contributed by atoms with Gasteiger partial charge in [-0.05, 0) is 24.1 Å². The molecule has 3 rings (SSSR count). The van der Waals surface area contributed by atoms with Gasteiger partial charge in [0.25, 0.3) is 0 Å². The lowest BCUT2D eigenvalue weighted by molar-refractivity contribution is -0.120. The zero-order valence-corrected chi connectivity index (χ0v) is 16.1. The van der Waals surface area contributed by atoms with Crippen LogP contribution in [0.4, 0.5) is 11.5 Å². The Kier molecular flexibility index (Phi) is 5.32. The Bertz CT molecular complexity index is 820. The van der Waals surface area contributed by atoms with Crippen molar-refractivity contribution in [3.8, 4) is 0 Å². The van der Waals surface area contributed by atoms with Crippen LogP contribution in [0.1, 0.15) is 44.9 Å². The van der Waals surface area contributed by atoms with Crippen molar-refractivity contribution >= 4 is 23.3 Å².